The lowest BCUT2D eigenvalue weighted by Gasteiger charge is -2.14. The van der Waals surface area contributed by atoms with Crippen LogP contribution >= 0.6 is 11.6 Å². The molecular weight excluding hydrogens is 363 g/mol. The van der Waals surface area contributed by atoms with Crippen molar-refractivity contribution >= 4 is 29.2 Å². The van der Waals surface area contributed by atoms with E-state index in [9.17, 15) is 19.1 Å². The number of hydrogen-bond acceptors (Lipinski definition) is 4. The second-order valence-corrected chi connectivity index (χ2v) is 6.41. The second kappa shape index (κ2) is 7.88. The van der Waals surface area contributed by atoms with Gasteiger partial charge in [0.05, 0.1) is 16.8 Å². The fourth-order valence-electron chi connectivity index (χ4n) is 2.69. The van der Waals surface area contributed by atoms with Crippen LogP contribution in [0.5, 0.6) is 0 Å². The van der Waals surface area contributed by atoms with Gasteiger partial charge in [0.25, 0.3) is 5.91 Å². The van der Waals surface area contributed by atoms with E-state index in [1.54, 1.807) is 20.8 Å². The summed E-state index contributed by atoms with van der Waals surface area (Å²) in [6.45, 7) is 6.43. The number of hydrogen-bond donors (Lipinski definition) is 3. The minimum atomic E-state index is -1.11. The first-order valence-electron chi connectivity index (χ1n) is 7.95. The number of halogens is 2. The number of amides is 1. The minimum Gasteiger partial charge on any atom is -0.448 e. The number of aromatic amines is 1. The number of rotatable bonds is 5. The number of carbonyl (C=O) groups is 2. The normalized spacial score (nSPS) is 13.2. The van der Waals surface area contributed by atoms with E-state index >= 15 is 0 Å². The van der Waals surface area contributed by atoms with E-state index < -0.39 is 29.9 Å². The number of ether oxygens (including phenoxy) is 1. The SMILES string of the molecule is Cc1[nH]c(C(=O)O[C@@H](C)C(=O)Nc2ccc(F)cc2Cl)c(C)c1[C@H](C)O. The molecule has 1 heterocycles. The highest BCUT2D eigenvalue weighted by molar-refractivity contribution is 6.33. The van der Waals surface area contributed by atoms with Gasteiger partial charge in [0.15, 0.2) is 6.10 Å². The van der Waals surface area contributed by atoms with Crippen molar-refractivity contribution in [2.45, 2.75) is 39.9 Å². The number of aliphatic hydroxyl groups is 1. The van der Waals surface area contributed by atoms with E-state index in [4.69, 9.17) is 16.3 Å². The van der Waals surface area contributed by atoms with Gasteiger partial charge < -0.3 is 20.1 Å². The van der Waals surface area contributed by atoms with Gasteiger partial charge in [-0.15, -0.1) is 0 Å². The number of aromatic nitrogens is 1. The number of esters is 1. The fourth-order valence-corrected chi connectivity index (χ4v) is 2.91. The molecule has 0 radical (unpaired) electrons. The fraction of sp³-hybridized carbons (Fsp3) is 0.333. The zero-order valence-electron chi connectivity index (χ0n) is 14.8. The van der Waals surface area contributed by atoms with Crippen LogP contribution in [0, 0.1) is 19.7 Å². The van der Waals surface area contributed by atoms with Crippen molar-refractivity contribution in [3.63, 3.8) is 0 Å². The maximum Gasteiger partial charge on any atom is 0.355 e. The largest absolute Gasteiger partial charge is 0.448 e. The highest BCUT2D eigenvalue weighted by Gasteiger charge is 2.25. The summed E-state index contributed by atoms with van der Waals surface area (Å²) < 4.78 is 18.2. The summed E-state index contributed by atoms with van der Waals surface area (Å²) in [6, 6.07) is 3.54. The van der Waals surface area contributed by atoms with E-state index in [0.717, 1.165) is 12.1 Å². The highest BCUT2D eigenvalue weighted by atomic mass is 35.5. The van der Waals surface area contributed by atoms with Gasteiger partial charge in [-0.1, -0.05) is 11.6 Å². The molecule has 2 atom stereocenters. The lowest BCUT2D eigenvalue weighted by Crippen LogP contribution is -2.30. The number of carbonyl (C=O) groups excluding carboxylic acids is 2. The molecule has 1 amide bonds. The van der Waals surface area contributed by atoms with Gasteiger partial charge in [-0.2, -0.15) is 0 Å². The van der Waals surface area contributed by atoms with Crippen LogP contribution < -0.4 is 5.32 Å². The van der Waals surface area contributed by atoms with Gasteiger partial charge >= 0.3 is 5.97 Å². The molecule has 1 aromatic heterocycles. The van der Waals surface area contributed by atoms with E-state index in [0.29, 0.717) is 16.8 Å². The van der Waals surface area contributed by atoms with Gasteiger partial charge in [-0.25, -0.2) is 9.18 Å². The quantitative estimate of drug-likeness (QED) is 0.688. The van der Waals surface area contributed by atoms with E-state index in [-0.39, 0.29) is 16.4 Å². The van der Waals surface area contributed by atoms with E-state index in [1.807, 2.05) is 0 Å². The van der Waals surface area contributed by atoms with Gasteiger partial charge in [-0.05, 0) is 51.5 Å². The third-order valence-electron chi connectivity index (χ3n) is 3.96. The Kier molecular flexibility index (Phi) is 6.05. The van der Waals surface area contributed by atoms with Crippen LogP contribution in [0.3, 0.4) is 0 Å². The molecular formula is C18H20ClFN2O4. The molecule has 0 aliphatic heterocycles. The zero-order valence-corrected chi connectivity index (χ0v) is 15.6. The molecule has 26 heavy (non-hydrogen) atoms. The molecule has 2 rings (SSSR count). The van der Waals surface area contributed by atoms with Gasteiger partial charge in [0.1, 0.15) is 11.5 Å². The molecule has 3 N–H and O–H groups in total. The summed E-state index contributed by atoms with van der Waals surface area (Å²) in [5.41, 5.74) is 2.23. The molecule has 8 heteroatoms. The number of aryl methyl sites for hydroxylation is 1. The Morgan fingerprint density at radius 2 is 1.96 bits per heavy atom. The first-order valence-corrected chi connectivity index (χ1v) is 8.33. The molecule has 0 spiro atoms. The molecule has 0 aliphatic carbocycles. The predicted octanol–water partition coefficient (Wildman–Crippen LogP) is 3.66. The first kappa shape index (κ1) is 19.9. The third-order valence-corrected chi connectivity index (χ3v) is 4.27. The highest BCUT2D eigenvalue weighted by Crippen LogP contribution is 2.25. The Bertz CT molecular complexity index is 848. The van der Waals surface area contributed by atoms with Crippen molar-refractivity contribution in [1.82, 2.24) is 4.98 Å². The number of aliphatic hydroxyl groups excluding tert-OH is 1. The molecule has 1 aromatic carbocycles. The first-order chi connectivity index (χ1) is 12.1. The minimum absolute atomic E-state index is 0.0364. The molecule has 2 aromatic rings. The number of benzene rings is 1. The molecule has 0 bridgehead atoms. The maximum absolute atomic E-state index is 13.0. The average Bonchev–Trinajstić information content (AvgIpc) is 2.84. The second-order valence-electron chi connectivity index (χ2n) is 6.00. The van der Waals surface area contributed by atoms with E-state index in [1.165, 1.54) is 13.0 Å². The number of nitrogens with one attached hydrogen (secondary N) is 2. The van der Waals surface area contributed by atoms with Gasteiger partial charge in [0.2, 0.25) is 0 Å². The summed E-state index contributed by atoms with van der Waals surface area (Å²) >= 11 is 5.86. The van der Waals surface area contributed by atoms with Gasteiger partial charge in [0, 0.05) is 11.3 Å². The maximum atomic E-state index is 13.0. The molecule has 0 aliphatic rings. The van der Waals surface area contributed by atoms with Crippen molar-refractivity contribution in [2.24, 2.45) is 0 Å². The topological polar surface area (TPSA) is 91.4 Å². The van der Waals surface area contributed by atoms with Crippen LogP contribution in [0.25, 0.3) is 0 Å². The summed E-state index contributed by atoms with van der Waals surface area (Å²) in [6.07, 6.45) is -1.85. The Morgan fingerprint density at radius 1 is 1.31 bits per heavy atom. The van der Waals surface area contributed by atoms with Crippen molar-refractivity contribution in [2.75, 3.05) is 5.32 Å². The summed E-state index contributed by atoms with van der Waals surface area (Å²) in [5.74, 6) is -1.85. The van der Waals surface area contributed by atoms with Crippen molar-refractivity contribution < 1.29 is 23.8 Å². The molecule has 0 saturated carbocycles. The molecule has 0 fully saturated rings. The van der Waals surface area contributed by atoms with Crippen LogP contribution in [0.4, 0.5) is 10.1 Å². The Balaban J connectivity index is 2.09. The molecule has 140 valence electrons. The van der Waals surface area contributed by atoms with E-state index in [2.05, 4.69) is 10.3 Å². The Morgan fingerprint density at radius 3 is 2.50 bits per heavy atom. The Labute approximate surface area is 155 Å². The molecule has 0 unspecified atom stereocenters. The lowest BCUT2D eigenvalue weighted by molar-refractivity contribution is -0.123. The Hall–Kier alpha value is -2.38. The van der Waals surface area contributed by atoms with Crippen LogP contribution in [0.1, 0.15) is 47.3 Å². The van der Waals surface area contributed by atoms with Crippen LogP contribution in [0.15, 0.2) is 18.2 Å². The number of H-pyrrole nitrogens is 1. The average molecular weight is 383 g/mol. The van der Waals surface area contributed by atoms with Crippen molar-refractivity contribution in [3.05, 3.63) is 51.6 Å². The van der Waals surface area contributed by atoms with Crippen LogP contribution in [0.2, 0.25) is 5.02 Å². The lowest BCUT2D eigenvalue weighted by atomic mass is 10.1. The zero-order chi connectivity index (χ0) is 19.6. The molecule has 6 nitrogen and oxygen atoms in total. The monoisotopic (exact) mass is 382 g/mol. The third kappa shape index (κ3) is 4.23. The summed E-state index contributed by atoms with van der Waals surface area (Å²) in [5, 5.41) is 12.3. The van der Waals surface area contributed by atoms with Gasteiger partial charge in [-0.3, -0.25) is 4.79 Å². The van der Waals surface area contributed by atoms with Crippen LogP contribution in [-0.2, 0) is 9.53 Å². The van der Waals surface area contributed by atoms with Crippen LogP contribution in [-0.4, -0.2) is 28.1 Å². The smallest absolute Gasteiger partial charge is 0.355 e. The number of anilines is 1. The summed E-state index contributed by atoms with van der Waals surface area (Å²) in [4.78, 5) is 27.4. The van der Waals surface area contributed by atoms with Crippen molar-refractivity contribution in [1.29, 1.82) is 0 Å². The van der Waals surface area contributed by atoms with Crippen molar-refractivity contribution in [3.8, 4) is 0 Å². The standard InChI is InChI=1S/C18H20ClFN2O4/c1-8-15(10(3)23)9(2)21-16(8)18(25)26-11(4)17(24)22-14-6-5-12(20)7-13(14)19/h5-7,10-11,21,23H,1-4H3,(H,22,24)/t10-,11-/m0/s1. The summed E-state index contributed by atoms with van der Waals surface area (Å²) in [7, 11) is 0. The molecule has 0 saturated heterocycles. The predicted molar refractivity (Wildman–Crippen MR) is 95.8 cm³/mol.